The molecule has 1 saturated heterocycles. The number of benzene rings is 2. The molecule has 0 bridgehead atoms. The molecule has 0 unspecified atom stereocenters. The van der Waals surface area contributed by atoms with Crippen LogP contribution >= 0.6 is 0 Å². The van der Waals surface area contributed by atoms with Crippen molar-refractivity contribution >= 4 is 23.2 Å². The third-order valence-corrected chi connectivity index (χ3v) is 4.99. The summed E-state index contributed by atoms with van der Waals surface area (Å²) in [5.41, 5.74) is 3.42. The first kappa shape index (κ1) is 18.2. The highest BCUT2D eigenvalue weighted by Gasteiger charge is 2.15. The second-order valence-corrected chi connectivity index (χ2v) is 7.11. The van der Waals surface area contributed by atoms with Crippen LogP contribution in [0.4, 0.5) is 17.5 Å². The van der Waals surface area contributed by atoms with Crippen molar-refractivity contribution in [1.82, 2.24) is 9.97 Å². The van der Waals surface area contributed by atoms with Crippen LogP contribution in [0.5, 0.6) is 0 Å². The van der Waals surface area contributed by atoms with Gasteiger partial charge in [-0.25, -0.2) is 4.98 Å². The monoisotopic (exact) mass is 372 g/mol. The predicted octanol–water partition coefficient (Wildman–Crippen LogP) is 5.08. The average molecular weight is 372 g/mol. The van der Waals surface area contributed by atoms with Crippen LogP contribution in [0.25, 0.3) is 11.3 Å². The molecule has 5 nitrogen and oxygen atoms in total. The molecule has 2 aromatic carbocycles. The van der Waals surface area contributed by atoms with Gasteiger partial charge in [-0.1, -0.05) is 42.5 Å². The van der Waals surface area contributed by atoms with Crippen LogP contribution in [-0.4, -0.2) is 28.8 Å². The molecule has 1 aromatic heterocycles. The van der Waals surface area contributed by atoms with Gasteiger partial charge in [0, 0.05) is 36.0 Å². The molecule has 142 valence electrons. The standard InChI is InChI=1S/C23H24N4O/c1-17(28)19-11-8-12-20(15-19)24-23-25-21(18-9-4-2-5-10-18)16-22(26-23)27-13-6-3-7-14-27/h2,4-5,8-12,15-16H,3,6-7,13-14H2,1H3,(H,24,25,26). The van der Waals surface area contributed by atoms with Gasteiger partial charge in [0.05, 0.1) is 5.69 Å². The summed E-state index contributed by atoms with van der Waals surface area (Å²) in [5.74, 6) is 1.53. The number of carbonyl (C=O) groups excluding carboxylic acids is 1. The second kappa shape index (κ2) is 8.21. The fourth-order valence-corrected chi connectivity index (χ4v) is 3.48. The Labute approximate surface area is 165 Å². The Kier molecular flexibility index (Phi) is 5.33. The van der Waals surface area contributed by atoms with Gasteiger partial charge < -0.3 is 10.2 Å². The van der Waals surface area contributed by atoms with E-state index < -0.39 is 0 Å². The smallest absolute Gasteiger partial charge is 0.229 e. The summed E-state index contributed by atoms with van der Waals surface area (Å²) in [4.78, 5) is 23.5. The molecule has 1 aliphatic heterocycles. The van der Waals surface area contributed by atoms with E-state index in [9.17, 15) is 4.79 Å². The minimum absolute atomic E-state index is 0.0385. The summed E-state index contributed by atoms with van der Waals surface area (Å²) < 4.78 is 0. The van der Waals surface area contributed by atoms with E-state index in [4.69, 9.17) is 9.97 Å². The van der Waals surface area contributed by atoms with Gasteiger partial charge in [-0.05, 0) is 38.3 Å². The second-order valence-electron chi connectivity index (χ2n) is 7.11. The van der Waals surface area contributed by atoms with Gasteiger partial charge in [-0.15, -0.1) is 0 Å². The summed E-state index contributed by atoms with van der Waals surface area (Å²) in [7, 11) is 0. The molecule has 5 heteroatoms. The highest BCUT2D eigenvalue weighted by molar-refractivity contribution is 5.95. The predicted molar refractivity (Wildman–Crippen MR) is 113 cm³/mol. The number of aromatic nitrogens is 2. The van der Waals surface area contributed by atoms with E-state index in [1.807, 2.05) is 42.5 Å². The van der Waals surface area contributed by atoms with E-state index in [1.165, 1.54) is 19.3 Å². The van der Waals surface area contributed by atoms with Gasteiger partial charge >= 0.3 is 0 Å². The van der Waals surface area contributed by atoms with Crippen LogP contribution in [0, 0.1) is 0 Å². The largest absolute Gasteiger partial charge is 0.356 e. The Hall–Kier alpha value is -3.21. The summed E-state index contributed by atoms with van der Waals surface area (Å²) in [6, 6.07) is 19.7. The Bertz CT molecular complexity index is 965. The van der Waals surface area contributed by atoms with Crippen molar-refractivity contribution in [3.05, 3.63) is 66.2 Å². The third-order valence-electron chi connectivity index (χ3n) is 4.99. The molecular weight excluding hydrogens is 348 g/mol. The Morgan fingerprint density at radius 2 is 1.71 bits per heavy atom. The van der Waals surface area contributed by atoms with Crippen molar-refractivity contribution in [2.24, 2.45) is 0 Å². The topological polar surface area (TPSA) is 58.1 Å². The maximum atomic E-state index is 11.7. The van der Waals surface area contributed by atoms with Gasteiger partial charge in [-0.2, -0.15) is 4.98 Å². The number of ketones is 1. The summed E-state index contributed by atoms with van der Waals surface area (Å²) in [6.45, 7) is 3.61. The molecule has 2 heterocycles. The zero-order valence-electron chi connectivity index (χ0n) is 16.1. The maximum Gasteiger partial charge on any atom is 0.229 e. The first-order valence-electron chi connectivity index (χ1n) is 9.76. The van der Waals surface area contributed by atoms with Gasteiger partial charge in [0.15, 0.2) is 5.78 Å². The number of hydrogen-bond donors (Lipinski definition) is 1. The first-order chi connectivity index (χ1) is 13.7. The van der Waals surface area contributed by atoms with Crippen LogP contribution in [-0.2, 0) is 0 Å². The number of rotatable bonds is 5. The summed E-state index contributed by atoms with van der Waals surface area (Å²) >= 11 is 0. The maximum absolute atomic E-state index is 11.7. The van der Waals surface area contributed by atoms with Crippen molar-refractivity contribution < 1.29 is 4.79 Å². The van der Waals surface area contributed by atoms with Crippen LogP contribution in [0.3, 0.4) is 0 Å². The molecule has 0 aliphatic carbocycles. The number of nitrogens with zero attached hydrogens (tertiary/aromatic N) is 3. The Morgan fingerprint density at radius 3 is 2.46 bits per heavy atom. The molecule has 1 N–H and O–H groups in total. The normalized spacial score (nSPS) is 14.0. The fraction of sp³-hybridized carbons (Fsp3) is 0.261. The number of carbonyl (C=O) groups is 1. The van der Waals surface area contributed by atoms with E-state index >= 15 is 0 Å². The van der Waals surface area contributed by atoms with Crippen molar-refractivity contribution in [3.63, 3.8) is 0 Å². The van der Waals surface area contributed by atoms with Gasteiger partial charge in [-0.3, -0.25) is 4.79 Å². The van der Waals surface area contributed by atoms with E-state index in [0.717, 1.165) is 35.9 Å². The molecule has 0 saturated carbocycles. The van der Waals surface area contributed by atoms with Crippen molar-refractivity contribution in [3.8, 4) is 11.3 Å². The molecule has 3 aromatic rings. The minimum Gasteiger partial charge on any atom is -0.356 e. The van der Waals surface area contributed by atoms with Crippen molar-refractivity contribution in [2.75, 3.05) is 23.3 Å². The molecule has 28 heavy (non-hydrogen) atoms. The zero-order chi connectivity index (χ0) is 19.3. The lowest BCUT2D eigenvalue weighted by molar-refractivity contribution is 0.101. The number of Topliss-reactive ketones (excluding diaryl/α,β-unsaturated/α-hetero) is 1. The van der Waals surface area contributed by atoms with Crippen LogP contribution in [0.1, 0.15) is 36.5 Å². The Balaban J connectivity index is 1.71. The highest BCUT2D eigenvalue weighted by Crippen LogP contribution is 2.27. The highest BCUT2D eigenvalue weighted by atomic mass is 16.1. The van der Waals surface area contributed by atoms with Gasteiger partial charge in [0.2, 0.25) is 5.95 Å². The minimum atomic E-state index is 0.0385. The molecule has 0 atom stereocenters. The fourth-order valence-electron chi connectivity index (χ4n) is 3.48. The lowest BCUT2D eigenvalue weighted by atomic mass is 10.1. The van der Waals surface area contributed by atoms with Crippen LogP contribution in [0.2, 0.25) is 0 Å². The third kappa shape index (κ3) is 4.19. The van der Waals surface area contributed by atoms with E-state index in [2.05, 4.69) is 28.4 Å². The zero-order valence-corrected chi connectivity index (χ0v) is 16.1. The number of nitrogens with one attached hydrogen (secondary N) is 1. The molecule has 0 radical (unpaired) electrons. The van der Waals surface area contributed by atoms with Crippen molar-refractivity contribution in [2.45, 2.75) is 26.2 Å². The van der Waals surface area contributed by atoms with E-state index in [-0.39, 0.29) is 5.78 Å². The lowest BCUT2D eigenvalue weighted by Crippen LogP contribution is -2.30. The van der Waals surface area contributed by atoms with Crippen LogP contribution in [0.15, 0.2) is 60.7 Å². The van der Waals surface area contributed by atoms with Gasteiger partial charge in [0.1, 0.15) is 5.82 Å². The molecule has 1 fully saturated rings. The number of hydrogen-bond acceptors (Lipinski definition) is 5. The SMILES string of the molecule is CC(=O)c1cccc(Nc2nc(-c3ccccc3)cc(N3CCCCC3)n2)c1. The average Bonchev–Trinajstić information content (AvgIpc) is 2.75. The molecular formula is C23H24N4O. The summed E-state index contributed by atoms with van der Waals surface area (Å²) in [5, 5.41) is 3.29. The molecule has 1 aliphatic rings. The summed E-state index contributed by atoms with van der Waals surface area (Å²) in [6.07, 6.45) is 3.65. The molecule has 4 rings (SSSR count). The quantitative estimate of drug-likeness (QED) is 0.633. The lowest BCUT2D eigenvalue weighted by Gasteiger charge is -2.28. The van der Waals surface area contributed by atoms with Crippen LogP contribution < -0.4 is 10.2 Å². The van der Waals surface area contributed by atoms with E-state index in [0.29, 0.717) is 11.5 Å². The first-order valence-corrected chi connectivity index (χ1v) is 9.76. The number of piperidine rings is 1. The molecule has 0 spiro atoms. The Morgan fingerprint density at radius 1 is 0.929 bits per heavy atom. The van der Waals surface area contributed by atoms with Crippen molar-refractivity contribution in [1.29, 1.82) is 0 Å². The molecule has 0 amide bonds. The van der Waals surface area contributed by atoms with E-state index in [1.54, 1.807) is 6.92 Å². The number of anilines is 3. The van der Waals surface area contributed by atoms with Gasteiger partial charge in [0.25, 0.3) is 0 Å².